The Labute approximate surface area is 128 Å². The van der Waals surface area contributed by atoms with Gasteiger partial charge in [0.25, 0.3) is 0 Å². The van der Waals surface area contributed by atoms with Crippen LogP contribution in [0.25, 0.3) is 0 Å². The van der Waals surface area contributed by atoms with Crippen LogP contribution in [0.2, 0.25) is 0 Å². The Bertz CT molecular complexity index is 536. The molecule has 1 aromatic rings. The fourth-order valence-electron chi connectivity index (χ4n) is 1.36. The van der Waals surface area contributed by atoms with Crippen LogP contribution in [0.5, 0.6) is 0 Å². The van der Waals surface area contributed by atoms with E-state index < -0.39 is 11.9 Å². The van der Waals surface area contributed by atoms with Crippen LogP contribution >= 0.6 is 27.7 Å². The van der Waals surface area contributed by atoms with Gasteiger partial charge in [-0.2, -0.15) is 11.8 Å². The molecule has 0 radical (unpaired) electrons. The van der Waals surface area contributed by atoms with Crippen molar-refractivity contribution in [3.8, 4) is 0 Å². The second kappa shape index (κ2) is 7.91. The molecule has 0 saturated heterocycles. The molecule has 0 atom stereocenters. The van der Waals surface area contributed by atoms with Crippen molar-refractivity contribution in [1.29, 1.82) is 0 Å². The minimum atomic E-state index is -1.11. The highest BCUT2D eigenvalue weighted by Gasteiger charge is 2.12. The molecular weight excluding hydrogens is 348 g/mol. The van der Waals surface area contributed by atoms with E-state index in [1.807, 2.05) is 0 Å². The Morgan fingerprint density at radius 2 is 2.05 bits per heavy atom. The zero-order valence-electron chi connectivity index (χ0n) is 10.4. The van der Waals surface area contributed by atoms with Crippen molar-refractivity contribution in [2.75, 3.05) is 16.8 Å². The fraction of sp³-hybridized carbons (Fsp3) is 0.250. The normalized spacial score (nSPS) is 10.1. The number of aromatic carboxylic acids is 1. The number of carbonyl (C=O) groups excluding carboxylic acids is 2. The number of carboxylic acids is 1. The number of rotatable bonds is 7. The van der Waals surface area contributed by atoms with Gasteiger partial charge in [-0.1, -0.05) is 15.9 Å². The molecule has 20 heavy (non-hydrogen) atoms. The zero-order valence-corrected chi connectivity index (χ0v) is 12.8. The summed E-state index contributed by atoms with van der Waals surface area (Å²) in [6, 6.07) is 4.52. The summed E-state index contributed by atoms with van der Waals surface area (Å²) in [5, 5.41) is 11.6. The molecule has 0 aliphatic heterocycles. The maximum atomic E-state index is 11.7. The maximum Gasteiger partial charge on any atom is 0.337 e. The molecule has 1 aromatic carbocycles. The summed E-state index contributed by atoms with van der Waals surface area (Å²) in [7, 11) is 0. The number of anilines is 1. The van der Waals surface area contributed by atoms with Gasteiger partial charge in [-0.15, -0.1) is 0 Å². The lowest BCUT2D eigenvalue weighted by molar-refractivity contribution is -0.116. The third kappa shape index (κ3) is 5.62. The number of primary amides is 1. The van der Waals surface area contributed by atoms with Gasteiger partial charge in [0.05, 0.1) is 17.0 Å². The van der Waals surface area contributed by atoms with Gasteiger partial charge in [0.2, 0.25) is 11.8 Å². The standard InChI is InChI=1S/C12H13BrN2O4S/c13-7-1-2-8(12(18)19)9(5-7)15-11(17)3-4-20-6-10(14)16/h1-2,5H,3-4,6H2,(H2,14,16)(H,15,17)(H,18,19). The van der Waals surface area contributed by atoms with E-state index in [4.69, 9.17) is 10.8 Å². The highest BCUT2D eigenvalue weighted by molar-refractivity contribution is 9.10. The molecule has 108 valence electrons. The Morgan fingerprint density at radius 3 is 2.65 bits per heavy atom. The third-order valence-electron chi connectivity index (χ3n) is 2.20. The molecule has 0 heterocycles. The first-order valence-corrected chi connectivity index (χ1v) is 7.53. The first-order chi connectivity index (χ1) is 9.40. The van der Waals surface area contributed by atoms with Crippen molar-refractivity contribution in [3.63, 3.8) is 0 Å². The van der Waals surface area contributed by atoms with E-state index in [1.165, 1.54) is 23.9 Å². The molecule has 0 bridgehead atoms. The van der Waals surface area contributed by atoms with E-state index in [0.29, 0.717) is 10.2 Å². The summed E-state index contributed by atoms with van der Waals surface area (Å²) < 4.78 is 0.668. The molecular formula is C12H13BrN2O4S. The number of benzene rings is 1. The van der Waals surface area contributed by atoms with Gasteiger partial charge in [-0.05, 0) is 18.2 Å². The van der Waals surface area contributed by atoms with E-state index in [2.05, 4.69) is 21.2 Å². The molecule has 0 saturated carbocycles. The third-order valence-corrected chi connectivity index (χ3v) is 3.68. The summed E-state index contributed by atoms with van der Waals surface area (Å²) in [5.41, 5.74) is 5.22. The van der Waals surface area contributed by atoms with Gasteiger partial charge in [0.1, 0.15) is 0 Å². The minimum Gasteiger partial charge on any atom is -0.478 e. The van der Waals surface area contributed by atoms with Crippen molar-refractivity contribution >= 4 is 51.2 Å². The van der Waals surface area contributed by atoms with Crippen LogP contribution < -0.4 is 11.1 Å². The van der Waals surface area contributed by atoms with Crippen LogP contribution in [0.3, 0.4) is 0 Å². The lowest BCUT2D eigenvalue weighted by atomic mass is 10.2. The lowest BCUT2D eigenvalue weighted by Gasteiger charge is -2.08. The zero-order chi connectivity index (χ0) is 15.1. The molecule has 0 unspecified atom stereocenters. The van der Waals surface area contributed by atoms with E-state index >= 15 is 0 Å². The quantitative estimate of drug-likeness (QED) is 0.641. The number of nitrogens with one attached hydrogen (secondary N) is 1. The monoisotopic (exact) mass is 360 g/mol. The summed E-state index contributed by atoms with van der Waals surface area (Å²) >= 11 is 4.47. The van der Waals surface area contributed by atoms with Gasteiger partial charge in [0.15, 0.2) is 0 Å². The first kappa shape index (κ1) is 16.5. The number of halogens is 1. The van der Waals surface area contributed by atoms with E-state index in [9.17, 15) is 14.4 Å². The van der Waals surface area contributed by atoms with Gasteiger partial charge in [-0.25, -0.2) is 4.79 Å². The predicted octanol–water partition coefficient (Wildman–Crippen LogP) is 1.69. The second-order valence-corrected chi connectivity index (χ2v) is 5.83. The van der Waals surface area contributed by atoms with E-state index in [1.54, 1.807) is 6.07 Å². The van der Waals surface area contributed by atoms with Crippen LogP contribution in [0.1, 0.15) is 16.8 Å². The maximum absolute atomic E-state index is 11.7. The number of hydrogen-bond acceptors (Lipinski definition) is 4. The van der Waals surface area contributed by atoms with Gasteiger partial charge in [-0.3, -0.25) is 9.59 Å². The first-order valence-electron chi connectivity index (χ1n) is 5.59. The Kier molecular flexibility index (Phi) is 6.53. The predicted molar refractivity (Wildman–Crippen MR) is 80.9 cm³/mol. The molecule has 6 nitrogen and oxygen atoms in total. The summed E-state index contributed by atoms with van der Waals surface area (Å²) in [6.07, 6.45) is 0.170. The largest absolute Gasteiger partial charge is 0.478 e. The van der Waals surface area contributed by atoms with Gasteiger partial charge < -0.3 is 16.2 Å². The van der Waals surface area contributed by atoms with Crippen molar-refractivity contribution < 1.29 is 19.5 Å². The van der Waals surface area contributed by atoms with E-state index in [0.717, 1.165) is 0 Å². The molecule has 0 spiro atoms. The molecule has 1 rings (SSSR count). The summed E-state index contributed by atoms with van der Waals surface area (Å²) in [4.78, 5) is 33.2. The van der Waals surface area contributed by atoms with Crippen LogP contribution in [-0.2, 0) is 9.59 Å². The molecule has 0 aliphatic carbocycles. The fourth-order valence-corrected chi connectivity index (χ4v) is 2.39. The van der Waals surface area contributed by atoms with Crippen molar-refractivity contribution in [2.45, 2.75) is 6.42 Å². The van der Waals surface area contributed by atoms with Gasteiger partial charge >= 0.3 is 5.97 Å². The Morgan fingerprint density at radius 1 is 1.35 bits per heavy atom. The number of amides is 2. The number of hydrogen-bond donors (Lipinski definition) is 3. The summed E-state index contributed by atoms with van der Waals surface area (Å²) in [6.45, 7) is 0. The second-order valence-electron chi connectivity index (χ2n) is 3.81. The van der Waals surface area contributed by atoms with Crippen molar-refractivity contribution in [3.05, 3.63) is 28.2 Å². The number of carboxylic acid groups (broad SMARTS) is 1. The minimum absolute atomic E-state index is 0.0198. The highest BCUT2D eigenvalue weighted by atomic mass is 79.9. The lowest BCUT2D eigenvalue weighted by Crippen LogP contribution is -2.17. The topological polar surface area (TPSA) is 109 Å². The average Bonchev–Trinajstić information content (AvgIpc) is 2.34. The SMILES string of the molecule is NC(=O)CSCCC(=O)Nc1cc(Br)ccc1C(=O)O. The molecule has 4 N–H and O–H groups in total. The summed E-state index contributed by atoms with van der Waals surface area (Å²) in [5.74, 6) is -1.27. The van der Waals surface area contributed by atoms with E-state index in [-0.39, 0.29) is 29.3 Å². The van der Waals surface area contributed by atoms with Crippen LogP contribution in [0, 0.1) is 0 Å². The Balaban J connectivity index is 2.59. The van der Waals surface area contributed by atoms with Crippen molar-refractivity contribution in [2.24, 2.45) is 5.73 Å². The highest BCUT2D eigenvalue weighted by Crippen LogP contribution is 2.22. The van der Waals surface area contributed by atoms with Gasteiger partial charge in [0, 0.05) is 16.6 Å². The molecule has 0 aliphatic rings. The Hall–Kier alpha value is -1.54. The van der Waals surface area contributed by atoms with Crippen LogP contribution in [0.4, 0.5) is 5.69 Å². The molecule has 2 amide bonds. The molecule has 0 aromatic heterocycles. The number of thioether (sulfide) groups is 1. The smallest absolute Gasteiger partial charge is 0.337 e. The molecule has 8 heteroatoms. The van der Waals surface area contributed by atoms with Crippen molar-refractivity contribution in [1.82, 2.24) is 0 Å². The number of carbonyl (C=O) groups is 3. The average molecular weight is 361 g/mol. The van der Waals surface area contributed by atoms with Crippen LogP contribution in [0.15, 0.2) is 22.7 Å². The van der Waals surface area contributed by atoms with Crippen LogP contribution in [-0.4, -0.2) is 34.4 Å². The number of nitrogens with two attached hydrogens (primary N) is 1. The molecule has 0 fully saturated rings.